The predicted octanol–water partition coefficient (Wildman–Crippen LogP) is 2.95. The Kier molecular flexibility index (Phi) is 4.07. The molecule has 4 rings (SSSR count). The minimum Gasteiger partial charge on any atom is -0.498 e. The van der Waals surface area contributed by atoms with Gasteiger partial charge in [-0.2, -0.15) is 0 Å². The molecule has 0 bridgehead atoms. The summed E-state index contributed by atoms with van der Waals surface area (Å²) in [7, 11) is 0. The van der Waals surface area contributed by atoms with Gasteiger partial charge in [-0.3, -0.25) is 14.4 Å². The van der Waals surface area contributed by atoms with E-state index in [1.807, 2.05) is 0 Å². The van der Waals surface area contributed by atoms with Crippen molar-refractivity contribution in [3.8, 4) is 11.5 Å². The van der Waals surface area contributed by atoms with Gasteiger partial charge in [-0.1, -0.05) is 6.58 Å². The Morgan fingerprint density at radius 1 is 1.04 bits per heavy atom. The molecule has 0 saturated heterocycles. The zero-order valence-electron chi connectivity index (χ0n) is 14.6. The molecule has 7 heteroatoms. The van der Waals surface area contributed by atoms with Gasteiger partial charge in [-0.15, -0.1) is 0 Å². The van der Waals surface area contributed by atoms with Gasteiger partial charge in [-0.25, -0.2) is 0 Å². The molecule has 0 fully saturated rings. The second-order valence-electron chi connectivity index (χ2n) is 6.12. The van der Waals surface area contributed by atoms with Crippen molar-refractivity contribution in [2.75, 3.05) is 19.8 Å². The van der Waals surface area contributed by atoms with Crippen molar-refractivity contribution in [3.63, 3.8) is 0 Å². The Morgan fingerprint density at radius 3 is 2.30 bits per heavy atom. The minimum atomic E-state index is -0.473. The van der Waals surface area contributed by atoms with Crippen LogP contribution in [0.5, 0.6) is 11.5 Å². The molecule has 0 amide bonds. The van der Waals surface area contributed by atoms with Crippen molar-refractivity contribution in [1.82, 2.24) is 0 Å². The predicted molar refractivity (Wildman–Crippen MR) is 92.7 cm³/mol. The number of ether oxygens (including phenoxy) is 3. The molecule has 2 heterocycles. The standard InChI is InChI=1S/C20H16O7/c1-3-24-10(2)6-14(21)15-9-13-18(22)11-7-16-17(26-5-4-25-16)8-12(11)19(23)20(13)27-15/h7-9H,2-6H2,1H3. The highest BCUT2D eigenvalue weighted by molar-refractivity contribution is 6.28. The Balaban J connectivity index is 1.70. The van der Waals surface area contributed by atoms with Gasteiger partial charge in [-0.05, 0) is 25.1 Å². The van der Waals surface area contributed by atoms with Gasteiger partial charge in [0, 0.05) is 11.1 Å². The van der Waals surface area contributed by atoms with Crippen molar-refractivity contribution >= 4 is 17.3 Å². The molecule has 2 aromatic rings. The maximum Gasteiger partial charge on any atom is 0.229 e. The van der Waals surface area contributed by atoms with Gasteiger partial charge >= 0.3 is 0 Å². The van der Waals surface area contributed by atoms with Crippen LogP contribution in [0.3, 0.4) is 0 Å². The minimum absolute atomic E-state index is 0.0644. The fraction of sp³-hybridized carbons (Fsp3) is 0.250. The molecule has 0 spiro atoms. The summed E-state index contributed by atoms with van der Waals surface area (Å²) < 4.78 is 21.6. The van der Waals surface area contributed by atoms with Gasteiger partial charge in [0.2, 0.25) is 11.6 Å². The van der Waals surface area contributed by atoms with Gasteiger partial charge in [0.15, 0.2) is 28.8 Å². The first kappa shape index (κ1) is 17.1. The summed E-state index contributed by atoms with van der Waals surface area (Å²) in [6, 6.07) is 4.28. The third-order valence-corrected chi connectivity index (χ3v) is 4.34. The summed E-state index contributed by atoms with van der Waals surface area (Å²) >= 11 is 0. The molecule has 7 nitrogen and oxygen atoms in total. The maximum atomic E-state index is 12.8. The number of Topliss-reactive ketones (excluding diaryl/α,β-unsaturated/α-hetero) is 1. The molecule has 1 aliphatic carbocycles. The number of carbonyl (C=O) groups excluding carboxylic acids is 3. The highest BCUT2D eigenvalue weighted by Gasteiger charge is 2.36. The lowest BCUT2D eigenvalue weighted by molar-refractivity contribution is 0.0923. The molecule has 138 valence electrons. The third-order valence-electron chi connectivity index (χ3n) is 4.34. The van der Waals surface area contributed by atoms with Crippen LogP contribution >= 0.6 is 0 Å². The van der Waals surface area contributed by atoms with E-state index < -0.39 is 17.3 Å². The highest BCUT2D eigenvalue weighted by atomic mass is 16.6. The van der Waals surface area contributed by atoms with Gasteiger partial charge in [0.1, 0.15) is 13.2 Å². The lowest BCUT2D eigenvalue weighted by Crippen LogP contribution is -2.22. The van der Waals surface area contributed by atoms with Crippen molar-refractivity contribution in [2.24, 2.45) is 0 Å². The van der Waals surface area contributed by atoms with Crippen LogP contribution in [0, 0.1) is 0 Å². The Hall–Kier alpha value is -3.35. The number of rotatable bonds is 5. The zero-order valence-corrected chi connectivity index (χ0v) is 14.6. The summed E-state index contributed by atoms with van der Waals surface area (Å²) in [5.74, 6) is -0.402. The topological polar surface area (TPSA) is 92.0 Å². The number of allylic oxidation sites excluding steroid dienone is 1. The zero-order chi connectivity index (χ0) is 19.1. The second-order valence-corrected chi connectivity index (χ2v) is 6.12. The molecular weight excluding hydrogens is 352 g/mol. The summed E-state index contributed by atoms with van der Waals surface area (Å²) in [4.78, 5) is 38.0. The number of hydrogen-bond donors (Lipinski definition) is 0. The van der Waals surface area contributed by atoms with E-state index in [4.69, 9.17) is 18.6 Å². The Bertz CT molecular complexity index is 933. The van der Waals surface area contributed by atoms with Gasteiger partial charge < -0.3 is 18.6 Å². The van der Waals surface area contributed by atoms with Gasteiger partial charge in [0.05, 0.1) is 24.4 Å². The largest absolute Gasteiger partial charge is 0.498 e. The normalized spacial score (nSPS) is 14.4. The van der Waals surface area contributed by atoms with E-state index in [1.54, 1.807) is 6.92 Å². The highest BCUT2D eigenvalue weighted by Crippen LogP contribution is 2.38. The average molecular weight is 368 g/mol. The fourth-order valence-corrected chi connectivity index (χ4v) is 3.12. The fourth-order valence-electron chi connectivity index (χ4n) is 3.12. The molecule has 0 atom stereocenters. The molecule has 0 N–H and O–H groups in total. The van der Waals surface area contributed by atoms with E-state index in [2.05, 4.69) is 6.58 Å². The summed E-state index contributed by atoms with van der Waals surface area (Å²) in [5.41, 5.74) is 0.439. The van der Waals surface area contributed by atoms with Crippen LogP contribution in [0.1, 0.15) is 55.9 Å². The summed E-state index contributed by atoms with van der Waals surface area (Å²) in [6.45, 7) is 6.55. The van der Waals surface area contributed by atoms with Crippen molar-refractivity contribution in [3.05, 3.63) is 58.7 Å². The van der Waals surface area contributed by atoms with Crippen LogP contribution in [-0.2, 0) is 4.74 Å². The van der Waals surface area contributed by atoms with Crippen LogP contribution in [0.25, 0.3) is 0 Å². The van der Waals surface area contributed by atoms with Crippen LogP contribution in [0.15, 0.2) is 35.0 Å². The average Bonchev–Trinajstić information content (AvgIpc) is 3.11. The van der Waals surface area contributed by atoms with E-state index in [9.17, 15) is 14.4 Å². The molecule has 1 aromatic heterocycles. The Morgan fingerprint density at radius 2 is 1.67 bits per heavy atom. The monoisotopic (exact) mass is 368 g/mol. The first-order valence-electron chi connectivity index (χ1n) is 8.50. The second kappa shape index (κ2) is 6.42. The number of fused-ring (bicyclic) bond motifs is 3. The van der Waals surface area contributed by atoms with E-state index in [1.165, 1.54) is 18.2 Å². The summed E-state index contributed by atoms with van der Waals surface area (Å²) in [5, 5.41) is 0. The van der Waals surface area contributed by atoms with Crippen molar-refractivity contribution in [2.45, 2.75) is 13.3 Å². The number of furan rings is 1. The molecule has 2 aliphatic rings. The third kappa shape index (κ3) is 2.81. The van der Waals surface area contributed by atoms with Crippen LogP contribution in [0.4, 0.5) is 0 Å². The molecule has 1 aliphatic heterocycles. The lowest BCUT2D eigenvalue weighted by Gasteiger charge is -2.21. The molecule has 0 radical (unpaired) electrons. The first-order chi connectivity index (χ1) is 13.0. The van der Waals surface area contributed by atoms with Crippen LogP contribution < -0.4 is 9.47 Å². The summed E-state index contributed by atoms with van der Waals surface area (Å²) in [6.07, 6.45) is -0.0917. The number of benzene rings is 1. The SMILES string of the molecule is C=C(CC(=O)c1cc2c(o1)C(=O)c1cc3c(cc1C2=O)OCCO3)OCC. The van der Waals surface area contributed by atoms with Crippen molar-refractivity contribution in [1.29, 1.82) is 0 Å². The molecule has 0 saturated carbocycles. The van der Waals surface area contributed by atoms with E-state index in [-0.39, 0.29) is 34.6 Å². The van der Waals surface area contributed by atoms with Gasteiger partial charge in [0.25, 0.3) is 0 Å². The molecule has 1 aromatic carbocycles. The Labute approximate surface area is 154 Å². The van der Waals surface area contributed by atoms with E-state index in [0.29, 0.717) is 37.1 Å². The molecule has 27 heavy (non-hydrogen) atoms. The first-order valence-corrected chi connectivity index (χ1v) is 8.50. The number of carbonyl (C=O) groups is 3. The van der Waals surface area contributed by atoms with E-state index >= 15 is 0 Å². The van der Waals surface area contributed by atoms with Crippen LogP contribution in [-0.4, -0.2) is 37.2 Å². The maximum absolute atomic E-state index is 12.8. The number of ketones is 3. The van der Waals surface area contributed by atoms with Crippen LogP contribution in [0.2, 0.25) is 0 Å². The quantitative estimate of drug-likeness (QED) is 0.505. The van der Waals surface area contributed by atoms with E-state index in [0.717, 1.165) is 0 Å². The smallest absolute Gasteiger partial charge is 0.229 e. The van der Waals surface area contributed by atoms with Crippen molar-refractivity contribution < 1.29 is 33.0 Å². The lowest BCUT2D eigenvalue weighted by atomic mass is 9.88. The number of hydrogen-bond acceptors (Lipinski definition) is 7. The molecule has 0 unspecified atom stereocenters. The molecular formula is C20H16O7.